The van der Waals surface area contributed by atoms with E-state index in [0.29, 0.717) is 6.04 Å². The Balaban J connectivity index is 1.62. The minimum atomic E-state index is -0.156. The van der Waals surface area contributed by atoms with Gasteiger partial charge in [-0.15, -0.1) is 0 Å². The van der Waals surface area contributed by atoms with Gasteiger partial charge in [-0.1, -0.05) is 12.1 Å². The van der Waals surface area contributed by atoms with Gasteiger partial charge >= 0.3 is 0 Å². The van der Waals surface area contributed by atoms with Crippen molar-refractivity contribution in [3.8, 4) is 0 Å². The van der Waals surface area contributed by atoms with E-state index in [-0.39, 0.29) is 5.82 Å². The van der Waals surface area contributed by atoms with Gasteiger partial charge in [0, 0.05) is 6.04 Å². The monoisotopic (exact) mass is 278 g/mol. The third kappa shape index (κ3) is 5.22. The number of hydrogen-bond acceptors (Lipinski definition) is 2. The molecule has 1 aliphatic heterocycles. The van der Waals surface area contributed by atoms with E-state index in [1.165, 1.54) is 37.9 Å². The third-order valence-corrected chi connectivity index (χ3v) is 4.34. The van der Waals surface area contributed by atoms with Crippen LogP contribution in [0.2, 0.25) is 0 Å². The average Bonchev–Trinajstić information content (AvgIpc) is 2.44. The topological polar surface area (TPSA) is 15.3 Å². The lowest BCUT2D eigenvalue weighted by Crippen LogP contribution is -2.34. The number of halogens is 1. The van der Waals surface area contributed by atoms with Crippen molar-refractivity contribution < 1.29 is 4.39 Å². The van der Waals surface area contributed by atoms with E-state index in [2.05, 4.69) is 24.2 Å². The third-order valence-electron chi connectivity index (χ3n) is 4.34. The van der Waals surface area contributed by atoms with E-state index in [1.807, 2.05) is 12.1 Å². The molecule has 112 valence electrons. The lowest BCUT2D eigenvalue weighted by atomic mass is 9.94. The highest BCUT2D eigenvalue weighted by Gasteiger charge is 2.16. The van der Waals surface area contributed by atoms with Crippen molar-refractivity contribution in [1.82, 2.24) is 10.2 Å². The molecule has 2 rings (SSSR count). The first kappa shape index (κ1) is 15.5. The van der Waals surface area contributed by atoms with Crippen LogP contribution in [-0.2, 0) is 6.42 Å². The molecule has 1 heterocycles. The fourth-order valence-corrected chi connectivity index (χ4v) is 2.93. The van der Waals surface area contributed by atoms with E-state index in [9.17, 15) is 4.39 Å². The number of rotatable bonds is 6. The first-order valence-electron chi connectivity index (χ1n) is 7.80. The van der Waals surface area contributed by atoms with Gasteiger partial charge in [0.1, 0.15) is 5.82 Å². The second-order valence-electron chi connectivity index (χ2n) is 6.22. The summed E-state index contributed by atoms with van der Waals surface area (Å²) in [5.41, 5.74) is 1.20. The van der Waals surface area contributed by atoms with Crippen molar-refractivity contribution in [3.63, 3.8) is 0 Å². The molecule has 0 radical (unpaired) electrons. The van der Waals surface area contributed by atoms with Crippen molar-refractivity contribution in [2.24, 2.45) is 5.92 Å². The van der Waals surface area contributed by atoms with E-state index >= 15 is 0 Å². The molecule has 20 heavy (non-hydrogen) atoms. The maximum atomic E-state index is 12.8. The van der Waals surface area contributed by atoms with E-state index in [4.69, 9.17) is 0 Å². The highest BCUT2D eigenvalue weighted by molar-refractivity contribution is 5.16. The Hall–Kier alpha value is -0.930. The van der Waals surface area contributed by atoms with E-state index in [1.54, 1.807) is 12.1 Å². The van der Waals surface area contributed by atoms with Crippen LogP contribution in [0.1, 0.15) is 31.7 Å². The Bertz CT molecular complexity index is 382. The SMILES string of the molecule is CC(Cc1ccc(F)cc1)NCCC1CCN(C)CC1. The molecule has 3 heteroatoms. The van der Waals surface area contributed by atoms with Crippen LogP contribution in [0.4, 0.5) is 4.39 Å². The largest absolute Gasteiger partial charge is 0.314 e. The number of piperidine rings is 1. The van der Waals surface area contributed by atoms with Gasteiger partial charge in [-0.2, -0.15) is 0 Å². The summed E-state index contributed by atoms with van der Waals surface area (Å²) < 4.78 is 12.8. The second-order valence-corrected chi connectivity index (χ2v) is 6.22. The highest BCUT2D eigenvalue weighted by atomic mass is 19.1. The lowest BCUT2D eigenvalue weighted by molar-refractivity contribution is 0.210. The average molecular weight is 278 g/mol. The summed E-state index contributed by atoms with van der Waals surface area (Å²) in [7, 11) is 2.21. The second kappa shape index (κ2) is 7.75. The number of benzene rings is 1. The number of likely N-dealkylation sites (tertiary alicyclic amines) is 1. The van der Waals surface area contributed by atoms with Crippen molar-refractivity contribution in [2.75, 3.05) is 26.7 Å². The lowest BCUT2D eigenvalue weighted by Gasteiger charge is -2.29. The molecular weight excluding hydrogens is 251 g/mol. The minimum absolute atomic E-state index is 0.156. The van der Waals surface area contributed by atoms with Gasteiger partial charge < -0.3 is 10.2 Å². The predicted molar refractivity (Wildman–Crippen MR) is 82.4 cm³/mol. The quantitative estimate of drug-likeness (QED) is 0.860. The Kier molecular flexibility index (Phi) is 5.99. The standard InChI is InChI=1S/C17H27FN2/c1-14(13-16-3-5-17(18)6-4-16)19-10-7-15-8-11-20(2)12-9-15/h3-6,14-15,19H,7-13H2,1-2H3. The highest BCUT2D eigenvalue weighted by Crippen LogP contribution is 2.18. The first-order chi connectivity index (χ1) is 9.63. The van der Waals surface area contributed by atoms with Crippen LogP contribution in [0, 0.1) is 11.7 Å². The zero-order chi connectivity index (χ0) is 14.4. The van der Waals surface area contributed by atoms with Gasteiger partial charge in [0.2, 0.25) is 0 Å². The molecule has 1 aliphatic rings. The summed E-state index contributed by atoms with van der Waals surface area (Å²) in [5.74, 6) is 0.730. The zero-order valence-corrected chi connectivity index (χ0v) is 12.7. The molecular formula is C17H27FN2. The molecule has 1 aromatic carbocycles. The summed E-state index contributed by atoms with van der Waals surface area (Å²) in [4.78, 5) is 2.42. The molecule has 2 nitrogen and oxygen atoms in total. The van der Waals surface area contributed by atoms with Gasteiger partial charge in [0.15, 0.2) is 0 Å². The first-order valence-corrected chi connectivity index (χ1v) is 7.80. The zero-order valence-electron chi connectivity index (χ0n) is 12.7. The molecule has 1 saturated heterocycles. The Morgan fingerprint density at radius 3 is 2.55 bits per heavy atom. The van der Waals surface area contributed by atoms with Crippen LogP contribution in [0.5, 0.6) is 0 Å². The molecule has 1 aromatic rings. The number of nitrogens with one attached hydrogen (secondary N) is 1. The molecule has 0 amide bonds. The van der Waals surface area contributed by atoms with Crippen LogP contribution in [0.15, 0.2) is 24.3 Å². The predicted octanol–water partition coefficient (Wildman–Crippen LogP) is 3.08. The number of nitrogens with zero attached hydrogens (tertiary/aromatic N) is 1. The molecule has 1 unspecified atom stereocenters. The van der Waals surface area contributed by atoms with Crippen LogP contribution < -0.4 is 5.32 Å². The van der Waals surface area contributed by atoms with Crippen molar-refractivity contribution in [1.29, 1.82) is 0 Å². The summed E-state index contributed by atoms with van der Waals surface area (Å²) >= 11 is 0. The van der Waals surface area contributed by atoms with Crippen LogP contribution >= 0.6 is 0 Å². The molecule has 1 atom stereocenters. The summed E-state index contributed by atoms with van der Waals surface area (Å²) in [6.45, 7) is 5.79. The van der Waals surface area contributed by atoms with E-state index < -0.39 is 0 Å². The molecule has 1 N–H and O–H groups in total. The van der Waals surface area contributed by atoms with Crippen molar-refractivity contribution >= 4 is 0 Å². The molecule has 0 bridgehead atoms. The molecule has 1 fully saturated rings. The van der Waals surface area contributed by atoms with Gasteiger partial charge in [0.25, 0.3) is 0 Å². The van der Waals surface area contributed by atoms with Gasteiger partial charge in [-0.05, 0) is 82.9 Å². The Morgan fingerprint density at radius 1 is 1.25 bits per heavy atom. The van der Waals surface area contributed by atoms with Gasteiger partial charge in [-0.25, -0.2) is 4.39 Å². The normalized spacial score (nSPS) is 19.1. The molecule has 0 aliphatic carbocycles. The minimum Gasteiger partial charge on any atom is -0.314 e. The summed E-state index contributed by atoms with van der Waals surface area (Å²) in [5, 5.41) is 3.60. The van der Waals surface area contributed by atoms with Crippen molar-refractivity contribution in [3.05, 3.63) is 35.6 Å². The molecule has 0 aromatic heterocycles. The Labute approximate surface area is 122 Å². The van der Waals surface area contributed by atoms with Gasteiger partial charge in [-0.3, -0.25) is 0 Å². The fourth-order valence-electron chi connectivity index (χ4n) is 2.93. The molecule has 0 saturated carbocycles. The fraction of sp³-hybridized carbons (Fsp3) is 0.647. The molecule has 0 spiro atoms. The van der Waals surface area contributed by atoms with Gasteiger partial charge in [0.05, 0.1) is 0 Å². The van der Waals surface area contributed by atoms with Crippen molar-refractivity contribution in [2.45, 2.75) is 38.6 Å². The smallest absolute Gasteiger partial charge is 0.123 e. The van der Waals surface area contributed by atoms with E-state index in [0.717, 1.165) is 18.9 Å². The summed E-state index contributed by atoms with van der Waals surface area (Å²) in [6, 6.07) is 7.29. The summed E-state index contributed by atoms with van der Waals surface area (Å²) in [6.07, 6.45) is 4.92. The maximum Gasteiger partial charge on any atom is 0.123 e. The van der Waals surface area contributed by atoms with Crippen LogP contribution in [0.3, 0.4) is 0 Å². The van der Waals surface area contributed by atoms with Crippen LogP contribution in [-0.4, -0.2) is 37.6 Å². The number of hydrogen-bond donors (Lipinski definition) is 1. The maximum absolute atomic E-state index is 12.8. The van der Waals surface area contributed by atoms with Crippen LogP contribution in [0.25, 0.3) is 0 Å². The Morgan fingerprint density at radius 2 is 1.90 bits per heavy atom.